The van der Waals surface area contributed by atoms with Gasteiger partial charge in [0.05, 0.1) is 6.04 Å². The van der Waals surface area contributed by atoms with E-state index in [9.17, 15) is 4.79 Å². The van der Waals surface area contributed by atoms with Crippen LogP contribution >= 0.6 is 0 Å². The van der Waals surface area contributed by atoms with Crippen LogP contribution in [-0.4, -0.2) is 38.3 Å². The van der Waals surface area contributed by atoms with Gasteiger partial charge in [0.1, 0.15) is 0 Å². The number of carbonyl (C=O) groups excluding carboxylic acids is 1. The molecule has 27 heavy (non-hydrogen) atoms. The number of ether oxygens (including phenoxy) is 1. The van der Waals surface area contributed by atoms with Crippen LogP contribution in [-0.2, 0) is 21.4 Å². The molecule has 0 bridgehead atoms. The van der Waals surface area contributed by atoms with Crippen LogP contribution in [0, 0.1) is 0 Å². The zero-order chi connectivity index (χ0) is 18.7. The molecule has 4 heteroatoms. The third-order valence-corrected chi connectivity index (χ3v) is 6.11. The Hall–Kier alpha value is -2.17. The Morgan fingerprint density at radius 3 is 2.59 bits per heavy atom. The molecule has 1 saturated heterocycles. The third-order valence-electron chi connectivity index (χ3n) is 6.11. The third kappa shape index (κ3) is 3.64. The Morgan fingerprint density at radius 2 is 1.81 bits per heavy atom. The first-order chi connectivity index (χ1) is 13.2. The maximum Gasteiger partial charge on any atom is 0.243 e. The van der Waals surface area contributed by atoms with Crippen molar-refractivity contribution in [2.24, 2.45) is 0 Å². The Labute approximate surface area is 161 Å². The van der Waals surface area contributed by atoms with E-state index in [1.54, 1.807) is 0 Å². The number of hydrogen-bond acceptors (Lipinski definition) is 3. The lowest BCUT2D eigenvalue weighted by Gasteiger charge is -2.39. The molecule has 2 aromatic carbocycles. The lowest BCUT2D eigenvalue weighted by atomic mass is 9.74. The van der Waals surface area contributed by atoms with Crippen molar-refractivity contribution in [3.05, 3.63) is 65.7 Å². The SMILES string of the molecule is CC(NCC1(c2ccccc2)CCOCC1)C(=O)N1CCc2ccccc21. The lowest BCUT2D eigenvalue weighted by Crippen LogP contribution is -2.50. The minimum atomic E-state index is -0.209. The van der Waals surface area contributed by atoms with E-state index < -0.39 is 0 Å². The molecule has 0 aliphatic carbocycles. The Balaban J connectivity index is 1.46. The molecule has 1 amide bonds. The molecule has 4 rings (SSSR count). The molecular formula is C23H28N2O2. The number of hydrogen-bond donors (Lipinski definition) is 1. The summed E-state index contributed by atoms with van der Waals surface area (Å²) in [5, 5.41) is 3.55. The number of rotatable bonds is 5. The van der Waals surface area contributed by atoms with E-state index in [0.717, 1.165) is 51.3 Å². The number of amides is 1. The van der Waals surface area contributed by atoms with Crippen molar-refractivity contribution < 1.29 is 9.53 Å². The van der Waals surface area contributed by atoms with Crippen LogP contribution in [0.1, 0.15) is 30.9 Å². The summed E-state index contributed by atoms with van der Waals surface area (Å²) in [7, 11) is 0. The van der Waals surface area contributed by atoms with E-state index in [1.165, 1.54) is 11.1 Å². The zero-order valence-electron chi connectivity index (χ0n) is 16.0. The zero-order valence-corrected chi connectivity index (χ0v) is 16.0. The normalized spacial score (nSPS) is 19.5. The fraction of sp³-hybridized carbons (Fsp3) is 0.435. The fourth-order valence-corrected chi connectivity index (χ4v) is 4.36. The highest BCUT2D eigenvalue weighted by Gasteiger charge is 2.36. The first-order valence-electron chi connectivity index (χ1n) is 9.96. The van der Waals surface area contributed by atoms with E-state index in [1.807, 2.05) is 24.0 Å². The van der Waals surface area contributed by atoms with Gasteiger partial charge in [-0.1, -0.05) is 48.5 Å². The number of nitrogens with one attached hydrogen (secondary N) is 1. The van der Waals surface area contributed by atoms with Gasteiger partial charge in [0.2, 0.25) is 5.91 Å². The van der Waals surface area contributed by atoms with Gasteiger partial charge in [0.25, 0.3) is 0 Å². The summed E-state index contributed by atoms with van der Waals surface area (Å²) in [5.74, 6) is 0.162. The highest BCUT2D eigenvalue weighted by atomic mass is 16.5. The van der Waals surface area contributed by atoms with Gasteiger partial charge in [0.15, 0.2) is 0 Å². The summed E-state index contributed by atoms with van der Waals surface area (Å²) in [6.45, 7) is 5.11. The van der Waals surface area contributed by atoms with Crippen LogP contribution < -0.4 is 10.2 Å². The Bertz CT molecular complexity index is 784. The number of anilines is 1. The van der Waals surface area contributed by atoms with Crippen molar-refractivity contribution in [1.29, 1.82) is 0 Å². The van der Waals surface area contributed by atoms with E-state index in [4.69, 9.17) is 4.74 Å². The summed E-state index contributed by atoms with van der Waals surface area (Å²) in [5.41, 5.74) is 3.71. The van der Waals surface area contributed by atoms with Gasteiger partial charge in [0, 0.05) is 37.4 Å². The van der Waals surface area contributed by atoms with Gasteiger partial charge in [-0.05, 0) is 43.4 Å². The molecule has 2 aliphatic heterocycles. The van der Waals surface area contributed by atoms with Crippen molar-refractivity contribution in [3.8, 4) is 0 Å². The summed E-state index contributed by atoms with van der Waals surface area (Å²) in [6, 6.07) is 18.7. The predicted octanol–water partition coefficient (Wildman–Crippen LogP) is 3.30. The van der Waals surface area contributed by atoms with Gasteiger partial charge in [-0.15, -0.1) is 0 Å². The Kier molecular flexibility index (Phi) is 5.28. The van der Waals surface area contributed by atoms with Gasteiger partial charge in [-0.2, -0.15) is 0 Å². The Morgan fingerprint density at radius 1 is 1.11 bits per heavy atom. The maximum atomic E-state index is 13.1. The van der Waals surface area contributed by atoms with E-state index >= 15 is 0 Å². The molecule has 2 heterocycles. The number of nitrogens with zero attached hydrogens (tertiary/aromatic N) is 1. The molecule has 2 aliphatic rings. The lowest BCUT2D eigenvalue weighted by molar-refractivity contribution is -0.120. The molecule has 0 aromatic heterocycles. The minimum Gasteiger partial charge on any atom is -0.381 e. The van der Waals surface area contributed by atoms with Crippen molar-refractivity contribution >= 4 is 11.6 Å². The highest BCUT2D eigenvalue weighted by molar-refractivity contribution is 5.98. The smallest absolute Gasteiger partial charge is 0.243 e. The summed E-state index contributed by atoms with van der Waals surface area (Å²) in [4.78, 5) is 15.0. The quantitative estimate of drug-likeness (QED) is 0.885. The number of para-hydroxylation sites is 1. The molecule has 142 valence electrons. The summed E-state index contributed by atoms with van der Waals surface area (Å²) in [6.07, 6.45) is 2.91. The molecule has 0 saturated carbocycles. The first kappa shape index (κ1) is 18.2. The molecule has 1 fully saturated rings. The van der Waals surface area contributed by atoms with Crippen molar-refractivity contribution in [2.75, 3.05) is 31.2 Å². The van der Waals surface area contributed by atoms with Crippen LogP contribution in [0.15, 0.2) is 54.6 Å². The predicted molar refractivity (Wildman–Crippen MR) is 108 cm³/mol. The van der Waals surface area contributed by atoms with Crippen molar-refractivity contribution in [3.63, 3.8) is 0 Å². The average Bonchev–Trinajstić information content (AvgIpc) is 3.17. The molecule has 0 spiro atoms. The summed E-state index contributed by atoms with van der Waals surface area (Å²) >= 11 is 0. The molecule has 2 aromatic rings. The van der Waals surface area contributed by atoms with E-state index in [2.05, 4.69) is 47.8 Å². The topological polar surface area (TPSA) is 41.6 Å². The largest absolute Gasteiger partial charge is 0.381 e. The van der Waals surface area contributed by atoms with Crippen LogP contribution in [0.4, 0.5) is 5.69 Å². The second-order valence-electron chi connectivity index (χ2n) is 7.73. The van der Waals surface area contributed by atoms with Crippen LogP contribution in [0.3, 0.4) is 0 Å². The van der Waals surface area contributed by atoms with Gasteiger partial charge in [-0.25, -0.2) is 0 Å². The second-order valence-corrected chi connectivity index (χ2v) is 7.73. The molecule has 4 nitrogen and oxygen atoms in total. The van der Waals surface area contributed by atoms with E-state index in [0.29, 0.717) is 0 Å². The standard InChI is InChI=1S/C23H28N2O2/c1-18(22(26)25-14-11-19-7-5-6-10-21(19)25)24-17-23(12-15-27-16-13-23)20-8-3-2-4-9-20/h2-10,18,24H,11-17H2,1H3. The molecule has 1 unspecified atom stereocenters. The van der Waals surface area contributed by atoms with Crippen LogP contribution in [0.2, 0.25) is 0 Å². The average molecular weight is 364 g/mol. The van der Waals surface area contributed by atoms with Crippen molar-refractivity contribution in [2.45, 2.75) is 37.6 Å². The van der Waals surface area contributed by atoms with Gasteiger partial charge in [-0.3, -0.25) is 4.79 Å². The van der Waals surface area contributed by atoms with E-state index in [-0.39, 0.29) is 17.4 Å². The van der Waals surface area contributed by atoms with Crippen molar-refractivity contribution in [1.82, 2.24) is 5.32 Å². The maximum absolute atomic E-state index is 13.1. The summed E-state index contributed by atoms with van der Waals surface area (Å²) < 4.78 is 5.62. The fourth-order valence-electron chi connectivity index (χ4n) is 4.36. The minimum absolute atomic E-state index is 0.0387. The van der Waals surface area contributed by atoms with Crippen LogP contribution in [0.5, 0.6) is 0 Å². The first-order valence-corrected chi connectivity index (χ1v) is 9.96. The van der Waals surface area contributed by atoms with Gasteiger partial charge < -0.3 is 15.0 Å². The molecular weight excluding hydrogens is 336 g/mol. The van der Waals surface area contributed by atoms with Crippen LogP contribution in [0.25, 0.3) is 0 Å². The number of benzene rings is 2. The number of carbonyl (C=O) groups is 1. The van der Waals surface area contributed by atoms with Gasteiger partial charge >= 0.3 is 0 Å². The molecule has 1 atom stereocenters. The molecule has 0 radical (unpaired) electrons. The highest BCUT2D eigenvalue weighted by Crippen LogP contribution is 2.34. The second kappa shape index (κ2) is 7.83. The monoisotopic (exact) mass is 364 g/mol. The number of fused-ring (bicyclic) bond motifs is 1. The molecule has 1 N–H and O–H groups in total.